The third-order valence-corrected chi connectivity index (χ3v) is 1.66. The molecular weight excluding hydrogens is 118 g/mol. The quantitative estimate of drug-likeness (QED) is 0.548. The molecule has 1 atom stereocenters. The third-order valence-electron chi connectivity index (χ3n) is 1.66. The molecule has 0 amide bonds. The molecule has 0 aromatic rings. The predicted molar refractivity (Wildman–Crippen MR) is 33.7 cm³/mol. The Balaban J connectivity index is 2.32. The molecule has 3 nitrogen and oxygen atoms in total. The molecule has 0 spiro atoms. The van der Waals surface area contributed by atoms with Gasteiger partial charge in [-0.05, 0) is 12.8 Å². The number of hydrogen-bond donors (Lipinski definition) is 0. The van der Waals surface area contributed by atoms with E-state index >= 15 is 0 Å². The summed E-state index contributed by atoms with van der Waals surface area (Å²) in [6.45, 7) is 0.995. The highest BCUT2D eigenvalue weighted by Gasteiger charge is 2.23. The van der Waals surface area contributed by atoms with Crippen molar-refractivity contribution in [2.45, 2.75) is 19.1 Å². The van der Waals surface area contributed by atoms with E-state index in [-0.39, 0.29) is 6.23 Å². The fraction of sp³-hybridized carbons (Fsp3) is 1.00. The standard InChI is InChI=1S/C6H13NO2/c1-8-6-4-3-5-7(6)9-2/h6H,3-5H2,1-2H3/t6-/m0/s1. The van der Waals surface area contributed by atoms with Crippen LogP contribution in [0.4, 0.5) is 0 Å². The lowest BCUT2D eigenvalue weighted by molar-refractivity contribution is -0.207. The molecule has 0 unspecified atom stereocenters. The SMILES string of the molecule is CO[C@H]1CCCN1OC. The highest BCUT2D eigenvalue weighted by Crippen LogP contribution is 2.16. The van der Waals surface area contributed by atoms with Crippen LogP contribution in [0.2, 0.25) is 0 Å². The fourth-order valence-electron chi connectivity index (χ4n) is 1.15. The van der Waals surface area contributed by atoms with E-state index in [0.29, 0.717) is 0 Å². The van der Waals surface area contributed by atoms with Crippen molar-refractivity contribution >= 4 is 0 Å². The molecule has 0 saturated carbocycles. The van der Waals surface area contributed by atoms with E-state index in [1.165, 1.54) is 6.42 Å². The van der Waals surface area contributed by atoms with Crippen LogP contribution in [-0.4, -0.2) is 32.1 Å². The minimum Gasteiger partial charge on any atom is -0.364 e. The van der Waals surface area contributed by atoms with Gasteiger partial charge in [-0.1, -0.05) is 0 Å². The van der Waals surface area contributed by atoms with E-state index in [9.17, 15) is 0 Å². The first-order chi connectivity index (χ1) is 4.38. The Morgan fingerprint density at radius 3 is 2.67 bits per heavy atom. The molecule has 1 aliphatic heterocycles. The van der Waals surface area contributed by atoms with Crippen molar-refractivity contribution in [3.63, 3.8) is 0 Å². The first kappa shape index (κ1) is 6.99. The Kier molecular flexibility index (Phi) is 2.45. The lowest BCUT2D eigenvalue weighted by Crippen LogP contribution is -2.29. The zero-order valence-electron chi connectivity index (χ0n) is 5.96. The van der Waals surface area contributed by atoms with E-state index in [0.717, 1.165) is 13.0 Å². The summed E-state index contributed by atoms with van der Waals surface area (Å²) in [5.74, 6) is 0. The lowest BCUT2D eigenvalue weighted by atomic mass is 10.4. The molecule has 9 heavy (non-hydrogen) atoms. The van der Waals surface area contributed by atoms with Gasteiger partial charge < -0.3 is 4.74 Å². The van der Waals surface area contributed by atoms with Crippen molar-refractivity contribution in [3.8, 4) is 0 Å². The van der Waals surface area contributed by atoms with Crippen LogP contribution in [0.1, 0.15) is 12.8 Å². The molecule has 54 valence electrons. The third kappa shape index (κ3) is 1.41. The molecule has 0 N–H and O–H groups in total. The summed E-state index contributed by atoms with van der Waals surface area (Å²) >= 11 is 0. The normalized spacial score (nSPS) is 29.3. The molecule has 1 rings (SSSR count). The molecule has 3 heteroatoms. The Morgan fingerprint density at radius 1 is 1.44 bits per heavy atom. The van der Waals surface area contributed by atoms with Gasteiger partial charge in [-0.25, -0.2) is 0 Å². The van der Waals surface area contributed by atoms with Crippen molar-refractivity contribution in [1.82, 2.24) is 5.06 Å². The van der Waals surface area contributed by atoms with Crippen LogP contribution in [0, 0.1) is 0 Å². The number of ether oxygens (including phenoxy) is 1. The summed E-state index contributed by atoms with van der Waals surface area (Å²) in [5.41, 5.74) is 0. The molecule has 1 saturated heterocycles. The first-order valence-electron chi connectivity index (χ1n) is 3.22. The number of hydrogen-bond acceptors (Lipinski definition) is 3. The second-order valence-corrected chi connectivity index (χ2v) is 2.16. The second-order valence-electron chi connectivity index (χ2n) is 2.16. The lowest BCUT2D eigenvalue weighted by Gasteiger charge is -2.19. The van der Waals surface area contributed by atoms with Gasteiger partial charge in [-0.2, -0.15) is 5.06 Å². The van der Waals surface area contributed by atoms with Gasteiger partial charge in [0, 0.05) is 13.7 Å². The highest BCUT2D eigenvalue weighted by atomic mass is 16.7. The zero-order valence-corrected chi connectivity index (χ0v) is 5.96. The summed E-state index contributed by atoms with van der Waals surface area (Å²) in [4.78, 5) is 5.02. The van der Waals surface area contributed by atoms with Gasteiger partial charge >= 0.3 is 0 Å². The summed E-state index contributed by atoms with van der Waals surface area (Å²) in [5, 5.41) is 1.86. The number of rotatable bonds is 2. The van der Waals surface area contributed by atoms with Crippen molar-refractivity contribution in [2.24, 2.45) is 0 Å². The summed E-state index contributed by atoms with van der Waals surface area (Å²) < 4.78 is 5.12. The van der Waals surface area contributed by atoms with Gasteiger partial charge in [0.15, 0.2) is 0 Å². The number of hydroxylamine groups is 2. The average Bonchev–Trinajstić information content (AvgIpc) is 2.33. The maximum atomic E-state index is 5.12. The maximum absolute atomic E-state index is 5.12. The molecule has 1 fully saturated rings. The largest absolute Gasteiger partial charge is 0.364 e. The fourth-order valence-corrected chi connectivity index (χ4v) is 1.15. The Bertz CT molecular complexity index is 77.1. The molecule has 1 aliphatic rings. The van der Waals surface area contributed by atoms with E-state index in [1.807, 2.05) is 5.06 Å². The molecule has 0 aromatic heterocycles. The van der Waals surface area contributed by atoms with E-state index in [1.54, 1.807) is 14.2 Å². The minimum atomic E-state index is 0.190. The Labute approximate surface area is 55.5 Å². The van der Waals surface area contributed by atoms with Crippen LogP contribution in [-0.2, 0) is 9.57 Å². The molecular formula is C6H13NO2. The predicted octanol–water partition coefficient (Wildman–Crippen LogP) is 0.616. The van der Waals surface area contributed by atoms with Gasteiger partial charge in [-0.3, -0.25) is 4.84 Å². The number of methoxy groups -OCH3 is 1. The molecule has 0 aliphatic carbocycles. The van der Waals surface area contributed by atoms with Gasteiger partial charge in [0.2, 0.25) is 0 Å². The monoisotopic (exact) mass is 131 g/mol. The smallest absolute Gasteiger partial charge is 0.132 e. The van der Waals surface area contributed by atoms with Crippen LogP contribution in [0.3, 0.4) is 0 Å². The van der Waals surface area contributed by atoms with E-state index in [4.69, 9.17) is 9.57 Å². The van der Waals surface area contributed by atoms with Gasteiger partial charge in [0.1, 0.15) is 6.23 Å². The van der Waals surface area contributed by atoms with E-state index in [2.05, 4.69) is 0 Å². The van der Waals surface area contributed by atoms with Crippen LogP contribution < -0.4 is 0 Å². The Morgan fingerprint density at radius 2 is 2.22 bits per heavy atom. The van der Waals surface area contributed by atoms with Crippen molar-refractivity contribution in [1.29, 1.82) is 0 Å². The second kappa shape index (κ2) is 3.15. The van der Waals surface area contributed by atoms with E-state index < -0.39 is 0 Å². The van der Waals surface area contributed by atoms with Gasteiger partial charge in [-0.15, -0.1) is 0 Å². The topological polar surface area (TPSA) is 21.7 Å². The van der Waals surface area contributed by atoms with Gasteiger partial charge in [0.25, 0.3) is 0 Å². The summed E-state index contributed by atoms with van der Waals surface area (Å²) in [6.07, 6.45) is 2.45. The van der Waals surface area contributed by atoms with Crippen molar-refractivity contribution < 1.29 is 9.57 Å². The number of nitrogens with zero attached hydrogens (tertiary/aromatic N) is 1. The van der Waals surface area contributed by atoms with Crippen molar-refractivity contribution in [3.05, 3.63) is 0 Å². The molecule has 0 aromatic carbocycles. The summed E-state index contributed by atoms with van der Waals surface area (Å²) in [6, 6.07) is 0. The summed E-state index contributed by atoms with van der Waals surface area (Å²) in [7, 11) is 3.39. The van der Waals surface area contributed by atoms with Crippen LogP contribution >= 0.6 is 0 Å². The van der Waals surface area contributed by atoms with Crippen LogP contribution in [0.25, 0.3) is 0 Å². The zero-order chi connectivity index (χ0) is 6.69. The molecule has 0 bridgehead atoms. The maximum Gasteiger partial charge on any atom is 0.132 e. The Hall–Kier alpha value is -0.120. The van der Waals surface area contributed by atoms with Crippen molar-refractivity contribution in [2.75, 3.05) is 20.8 Å². The van der Waals surface area contributed by atoms with Gasteiger partial charge in [0.05, 0.1) is 7.11 Å². The first-order valence-corrected chi connectivity index (χ1v) is 3.22. The average molecular weight is 131 g/mol. The highest BCUT2D eigenvalue weighted by molar-refractivity contribution is 4.63. The molecule has 0 radical (unpaired) electrons. The van der Waals surface area contributed by atoms with Crippen LogP contribution in [0.5, 0.6) is 0 Å². The molecule has 1 heterocycles. The van der Waals surface area contributed by atoms with Crippen LogP contribution in [0.15, 0.2) is 0 Å². The minimum absolute atomic E-state index is 0.190.